The molecular weight excluding hydrogens is 540 g/mol. The number of Topliss-reactive ketones (excluding diaryl/α,β-unsaturated/α-hetero) is 2. The van der Waals surface area contributed by atoms with Crippen LogP contribution in [-0.4, -0.2) is 66.3 Å². The van der Waals surface area contributed by atoms with Gasteiger partial charge in [0.2, 0.25) is 5.91 Å². The highest BCUT2D eigenvalue weighted by Gasteiger charge is 2.43. The van der Waals surface area contributed by atoms with E-state index in [4.69, 9.17) is 9.47 Å². The number of aryl methyl sites for hydroxylation is 1. The Morgan fingerprint density at radius 1 is 1.02 bits per heavy atom. The maximum atomic E-state index is 13.4. The molecule has 1 aliphatic carbocycles. The van der Waals surface area contributed by atoms with Crippen LogP contribution >= 0.6 is 0 Å². The number of likely N-dealkylation sites (tertiary alicyclic amines) is 1. The van der Waals surface area contributed by atoms with Crippen LogP contribution in [0.25, 0.3) is 11.1 Å². The third-order valence-electron chi connectivity index (χ3n) is 8.39. The van der Waals surface area contributed by atoms with Crippen molar-refractivity contribution in [2.24, 2.45) is 5.92 Å². The lowest BCUT2D eigenvalue weighted by Gasteiger charge is -2.32. The second kappa shape index (κ2) is 12.0. The summed E-state index contributed by atoms with van der Waals surface area (Å²) in [5, 5.41) is 2.56. The number of amides is 2. The van der Waals surface area contributed by atoms with Crippen LogP contribution in [0.4, 0.5) is 4.79 Å². The minimum Gasteiger partial charge on any atom is -0.488 e. The Labute approximate surface area is 244 Å². The van der Waals surface area contributed by atoms with E-state index in [0.29, 0.717) is 30.6 Å². The lowest BCUT2D eigenvalue weighted by Crippen LogP contribution is -2.55. The zero-order valence-electron chi connectivity index (χ0n) is 24.4. The number of hydrogen-bond donors (Lipinski definition) is 1. The summed E-state index contributed by atoms with van der Waals surface area (Å²) in [6.07, 6.45) is 2.48. The Morgan fingerprint density at radius 3 is 2.55 bits per heavy atom. The number of hydrogen-bond acceptors (Lipinski definition) is 8. The van der Waals surface area contributed by atoms with E-state index in [1.807, 2.05) is 25.1 Å². The molecule has 2 aromatic carbocycles. The van der Waals surface area contributed by atoms with Crippen molar-refractivity contribution in [3.63, 3.8) is 0 Å². The lowest BCUT2D eigenvalue weighted by atomic mass is 9.86. The molecule has 5 rings (SSSR count). The van der Waals surface area contributed by atoms with E-state index in [1.165, 1.54) is 12.0 Å². The normalized spacial score (nSPS) is 19.6. The first-order valence-corrected chi connectivity index (χ1v) is 14.4. The molecule has 1 saturated heterocycles. The van der Waals surface area contributed by atoms with E-state index >= 15 is 0 Å². The SMILES string of the molecule is COC(=O)NC(C(=O)N1C(C)CCC1C(=O)OCC(=O)c1ccc2c(c1)COc1cc3c(cc1-2)CCCC3=O)C(C)C. The molecule has 0 saturated carbocycles. The second-order valence-electron chi connectivity index (χ2n) is 11.5. The van der Waals surface area contributed by atoms with Crippen LogP contribution in [0, 0.1) is 5.92 Å². The molecule has 10 heteroatoms. The molecule has 2 aromatic rings. The summed E-state index contributed by atoms with van der Waals surface area (Å²) in [6, 6.07) is 7.20. The van der Waals surface area contributed by atoms with E-state index < -0.39 is 36.7 Å². The van der Waals surface area contributed by atoms with Gasteiger partial charge in [-0.05, 0) is 73.4 Å². The van der Waals surface area contributed by atoms with Crippen molar-refractivity contribution < 1.29 is 38.2 Å². The van der Waals surface area contributed by atoms with Gasteiger partial charge in [-0.1, -0.05) is 26.0 Å². The van der Waals surface area contributed by atoms with Gasteiger partial charge in [-0.25, -0.2) is 9.59 Å². The Bertz CT molecular complexity index is 1450. The summed E-state index contributed by atoms with van der Waals surface area (Å²) in [7, 11) is 1.22. The van der Waals surface area contributed by atoms with Gasteiger partial charge in [-0.2, -0.15) is 0 Å². The molecule has 0 spiro atoms. The van der Waals surface area contributed by atoms with Crippen molar-refractivity contribution in [2.45, 2.75) is 77.6 Å². The minimum atomic E-state index is -0.872. The average Bonchev–Trinajstić information content (AvgIpc) is 3.38. The summed E-state index contributed by atoms with van der Waals surface area (Å²) < 4.78 is 16.0. The second-order valence-corrected chi connectivity index (χ2v) is 11.5. The largest absolute Gasteiger partial charge is 0.488 e. The first kappa shape index (κ1) is 29.3. The molecule has 3 aliphatic rings. The standard InChI is InChI=1S/C32H36N2O8/c1-17(2)29(33-32(39)40-4)30(37)34-18(3)8-11-25(34)31(38)42-16-27(36)20-9-10-22-21(12-20)15-41-28-14-23-19(13-24(22)28)6-5-7-26(23)35/h9-10,12-14,17-18,25,29H,5-8,11,15-16H2,1-4H3,(H,33,39). The Morgan fingerprint density at radius 2 is 1.81 bits per heavy atom. The minimum absolute atomic E-state index is 0.140. The van der Waals surface area contributed by atoms with Gasteiger partial charge in [-0.15, -0.1) is 0 Å². The van der Waals surface area contributed by atoms with E-state index in [9.17, 15) is 24.0 Å². The molecule has 0 aromatic heterocycles. The Balaban J connectivity index is 1.26. The third-order valence-corrected chi connectivity index (χ3v) is 8.39. The lowest BCUT2D eigenvalue weighted by molar-refractivity contribution is -0.154. The first-order chi connectivity index (χ1) is 20.1. The fourth-order valence-corrected chi connectivity index (χ4v) is 6.06. The molecule has 222 valence electrons. The number of carbonyl (C=O) groups is 5. The summed E-state index contributed by atoms with van der Waals surface area (Å²) in [4.78, 5) is 65.2. The number of nitrogens with zero attached hydrogens (tertiary/aromatic N) is 1. The van der Waals surface area contributed by atoms with E-state index in [2.05, 4.69) is 10.1 Å². The summed E-state index contributed by atoms with van der Waals surface area (Å²) >= 11 is 0. The number of alkyl carbamates (subject to hydrolysis) is 1. The van der Waals surface area contributed by atoms with Crippen LogP contribution in [-0.2, 0) is 32.1 Å². The molecule has 3 unspecified atom stereocenters. The highest BCUT2D eigenvalue weighted by Crippen LogP contribution is 2.41. The monoisotopic (exact) mass is 576 g/mol. The molecule has 0 radical (unpaired) electrons. The van der Waals surface area contributed by atoms with Gasteiger partial charge < -0.3 is 24.4 Å². The molecule has 0 bridgehead atoms. The molecule has 1 fully saturated rings. The van der Waals surface area contributed by atoms with Crippen LogP contribution in [0.5, 0.6) is 5.75 Å². The fourth-order valence-electron chi connectivity index (χ4n) is 6.06. The number of ether oxygens (including phenoxy) is 3. The van der Waals surface area contributed by atoms with Crippen molar-refractivity contribution >= 4 is 29.5 Å². The fraction of sp³-hybridized carbons (Fsp3) is 0.469. The van der Waals surface area contributed by atoms with E-state index in [-0.39, 0.29) is 30.1 Å². The van der Waals surface area contributed by atoms with Crippen molar-refractivity contribution in [2.75, 3.05) is 13.7 Å². The van der Waals surface area contributed by atoms with Gasteiger partial charge in [0.1, 0.15) is 24.4 Å². The van der Waals surface area contributed by atoms with Crippen LogP contribution in [0.3, 0.4) is 0 Å². The van der Waals surface area contributed by atoms with Gasteiger partial charge in [0.05, 0.1) is 7.11 Å². The maximum absolute atomic E-state index is 13.4. The van der Waals surface area contributed by atoms with Crippen LogP contribution < -0.4 is 10.1 Å². The van der Waals surface area contributed by atoms with Crippen molar-refractivity contribution in [3.8, 4) is 16.9 Å². The van der Waals surface area contributed by atoms with Crippen molar-refractivity contribution in [3.05, 3.63) is 52.6 Å². The van der Waals surface area contributed by atoms with E-state index in [1.54, 1.807) is 26.0 Å². The Hall–Kier alpha value is -4.21. The number of benzene rings is 2. The van der Waals surface area contributed by atoms with Gasteiger partial charge in [0, 0.05) is 29.2 Å². The summed E-state index contributed by atoms with van der Waals surface area (Å²) in [5.74, 6) is -0.859. The van der Waals surface area contributed by atoms with Crippen LogP contribution in [0.1, 0.15) is 78.3 Å². The number of methoxy groups -OCH3 is 1. The zero-order valence-corrected chi connectivity index (χ0v) is 24.4. The predicted octanol–water partition coefficient (Wildman–Crippen LogP) is 4.25. The molecule has 3 atom stereocenters. The highest BCUT2D eigenvalue weighted by atomic mass is 16.5. The quantitative estimate of drug-likeness (QED) is 0.383. The zero-order chi connectivity index (χ0) is 30.1. The van der Waals surface area contributed by atoms with Crippen LogP contribution in [0.2, 0.25) is 0 Å². The molecule has 42 heavy (non-hydrogen) atoms. The number of nitrogens with one attached hydrogen (secondary N) is 1. The smallest absolute Gasteiger partial charge is 0.407 e. The van der Waals surface area contributed by atoms with Gasteiger partial charge >= 0.3 is 12.1 Å². The predicted molar refractivity (Wildman–Crippen MR) is 152 cm³/mol. The summed E-state index contributed by atoms with van der Waals surface area (Å²) in [6.45, 7) is 5.22. The van der Waals surface area contributed by atoms with Gasteiger partial charge in [-0.3, -0.25) is 14.4 Å². The highest BCUT2D eigenvalue weighted by molar-refractivity contribution is 6.01. The number of carbonyl (C=O) groups excluding carboxylic acids is 5. The topological polar surface area (TPSA) is 128 Å². The third kappa shape index (κ3) is 5.62. The molecule has 2 amide bonds. The maximum Gasteiger partial charge on any atom is 0.407 e. The van der Waals surface area contributed by atoms with Crippen LogP contribution in [0.15, 0.2) is 30.3 Å². The van der Waals surface area contributed by atoms with Gasteiger partial charge in [0.15, 0.2) is 18.2 Å². The first-order valence-electron chi connectivity index (χ1n) is 14.4. The molecular formula is C32H36N2O8. The number of fused-ring (bicyclic) bond motifs is 4. The number of rotatable bonds is 7. The molecule has 2 heterocycles. The number of esters is 1. The summed E-state index contributed by atoms with van der Waals surface area (Å²) in [5.41, 5.74) is 4.81. The van der Waals surface area contributed by atoms with E-state index in [0.717, 1.165) is 40.7 Å². The number of ketones is 2. The molecule has 2 aliphatic heterocycles. The molecule has 1 N–H and O–H groups in total. The Kier molecular flexibility index (Phi) is 8.34. The molecule has 10 nitrogen and oxygen atoms in total. The van der Waals surface area contributed by atoms with Gasteiger partial charge in [0.25, 0.3) is 0 Å². The van der Waals surface area contributed by atoms with Crippen molar-refractivity contribution in [1.29, 1.82) is 0 Å². The average molecular weight is 577 g/mol. The van der Waals surface area contributed by atoms with Crippen molar-refractivity contribution in [1.82, 2.24) is 10.2 Å².